The van der Waals surface area contributed by atoms with Gasteiger partial charge in [0.25, 0.3) is 0 Å². The van der Waals surface area contributed by atoms with Crippen LogP contribution in [0.15, 0.2) is 0 Å². The maximum Gasteiger partial charge on any atom is 0.0478 e. The highest BCUT2D eigenvalue weighted by molar-refractivity contribution is 7.99. The quantitative estimate of drug-likeness (QED) is 0.571. The highest BCUT2D eigenvalue weighted by Crippen LogP contribution is 2.00. The molecule has 2 nitrogen and oxygen atoms in total. The van der Waals surface area contributed by atoms with E-state index in [-0.39, 0.29) is 0 Å². The fourth-order valence-corrected chi connectivity index (χ4v) is 1.31. The van der Waals surface area contributed by atoms with Crippen LogP contribution in [0.4, 0.5) is 0 Å². The molecule has 0 aromatic heterocycles. The Hall–Kier alpha value is 0.270. The van der Waals surface area contributed by atoms with Crippen LogP contribution >= 0.6 is 11.8 Å². The topological polar surface area (TPSA) is 35.2 Å². The van der Waals surface area contributed by atoms with Crippen LogP contribution < -0.4 is 5.73 Å². The van der Waals surface area contributed by atoms with E-state index in [1.54, 1.807) is 0 Å². The zero-order valence-corrected chi connectivity index (χ0v) is 8.16. The van der Waals surface area contributed by atoms with Crippen molar-refractivity contribution in [3.63, 3.8) is 0 Å². The fraction of sp³-hybridized carbons (Fsp3) is 1.00. The highest BCUT2D eigenvalue weighted by Gasteiger charge is 1.88. The molecular formula is C8H19NOS. The number of rotatable bonds is 8. The Morgan fingerprint density at radius 2 is 2.00 bits per heavy atom. The van der Waals surface area contributed by atoms with Crippen LogP contribution in [0.2, 0.25) is 0 Å². The monoisotopic (exact) mass is 177 g/mol. The minimum absolute atomic E-state index is 0.740. The van der Waals surface area contributed by atoms with E-state index in [2.05, 4.69) is 6.92 Å². The lowest BCUT2D eigenvalue weighted by Crippen LogP contribution is -2.05. The first-order valence-electron chi connectivity index (χ1n) is 4.27. The van der Waals surface area contributed by atoms with Crippen molar-refractivity contribution < 1.29 is 4.74 Å². The summed E-state index contributed by atoms with van der Waals surface area (Å²) in [5.74, 6) is 2.43. The lowest BCUT2D eigenvalue weighted by molar-refractivity contribution is 0.134. The van der Waals surface area contributed by atoms with Crippen LogP contribution in [0, 0.1) is 0 Å². The number of thioether (sulfide) groups is 1. The molecule has 2 N–H and O–H groups in total. The van der Waals surface area contributed by atoms with Gasteiger partial charge in [0, 0.05) is 13.2 Å². The van der Waals surface area contributed by atoms with Crippen molar-refractivity contribution in [1.82, 2.24) is 0 Å². The van der Waals surface area contributed by atoms with Gasteiger partial charge in [-0.1, -0.05) is 6.92 Å². The molecule has 0 unspecified atom stereocenters. The summed E-state index contributed by atoms with van der Waals surface area (Å²) >= 11 is 1.97. The van der Waals surface area contributed by atoms with Crippen molar-refractivity contribution in [3.8, 4) is 0 Å². The van der Waals surface area contributed by atoms with Crippen molar-refractivity contribution in [1.29, 1.82) is 0 Å². The molecular weight excluding hydrogens is 158 g/mol. The van der Waals surface area contributed by atoms with E-state index in [9.17, 15) is 0 Å². The third kappa shape index (κ3) is 10.3. The molecule has 11 heavy (non-hydrogen) atoms. The van der Waals surface area contributed by atoms with Gasteiger partial charge in [-0.25, -0.2) is 0 Å². The Morgan fingerprint density at radius 3 is 2.64 bits per heavy atom. The third-order valence-corrected chi connectivity index (χ3v) is 2.26. The molecule has 0 aliphatic heterocycles. The van der Waals surface area contributed by atoms with Crippen LogP contribution in [-0.2, 0) is 4.74 Å². The fourth-order valence-electron chi connectivity index (χ4n) is 0.695. The molecule has 0 saturated carbocycles. The first-order chi connectivity index (χ1) is 5.41. The summed E-state index contributed by atoms with van der Waals surface area (Å²) in [5, 5.41) is 0. The Bertz CT molecular complexity index is 63.1. The predicted molar refractivity (Wildman–Crippen MR) is 52.1 cm³/mol. The molecule has 0 atom stereocenters. The first-order valence-corrected chi connectivity index (χ1v) is 5.42. The van der Waals surface area contributed by atoms with Gasteiger partial charge in [0.05, 0.1) is 0 Å². The SMILES string of the molecule is CCSCCCOCCCN. The summed E-state index contributed by atoms with van der Waals surface area (Å²) in [6.07, 6.45) is 2.16. The van der Waals surface area contributed by atoms with Crippen LogP contribution in [0.25, 0.3) is 0 Å². The lowest BCUT2D eigenvalue weighted by atomic mass is 10.4. The molecule has 0 radical (unpaired) electrons. The lowest BCUT2D eigenvalue weighted by Gasteiger charge is -2.01. The second kappa shape index (κ2) is 10.3. The standard InChI is InChI=1S/C8H19NOS/c1-2-11-8-4-7-10-6-3-5-9/h2-9H2,1H3. The predicted octanol–water partition coefficient (Wildman–Crippen LogP) is 1.49. The van der Waals surface area contributed by atoms with Gasteiger partial charge < -0.3 is 10.5 Å². The van der Waals surface area contributed by atoms with E-state index in [0.29, 0.717) is 0 Å². The van der Waals surface area contributed by atoms with Crippen molar-refractivity contribution in [3.05, 3.63) is 0 Å². The van der Waals surface area contributed by atoms with Gasteiger partial charge in [-0.3, -0.25) is 0 Å². The minimum atomic E-state index is 0.740. The number of hydrogen-bond acceptors (Lipinski definition) is 3. The molecule has 0 aromatic rings. The molecule has 0 bridgehead atoms. The van der Waals surface area contributed by atoms with Crippen LogP contribution in [0.1, 0.15) is 19.8 Å². The first kappa shape index (κ1) is 11.3. The van der Waals surface area contributed by atoms with Crippen molar-refractivity contribution in [2.24, 2.45) is 5.73 Å². The van der Waals surface area contributed by atoms with E-state index in [1.807, 2.05) is 11.8 Å². The van der Waals surface area contributed by atoms with Gasteiger partial charge in [0.1, 0.15) is 0 Å². The molecule has 0 aliphatic carbocycles. The van der Waals surface area contributed by atoms with Crippen LogP contribution in [0.3, 0.4) is 0 Å². The highest BCUT2D eigenvalue weighted by atomic mass is 32.2. The summed E-state index contributed by atoms with van der Waals surface area (Å²) in [4.78, 5) is 0. The maximum absolute atomic E-state index is 5.33. The summed E-state index contributed by atoms with van der Waals surface area (Å²) in [6.45, 7) is 4.64. The van der Waals surface area contributed by atoms with Gasteiger partial charge in [0.15, 0.2) is 0 Å². The van der Waals surface area contributed by atoms with E-state index in [4.69, 9.17) is 10.5 Å². The average Bonchev–Trinajstić information content (AvgIpc) is 2.03. The van der Waals surface area contributed by atoms with Crippen molar-refractivity contribution >= 4 is 11.8 Å². The largest absolute Gasteiger partial charge is 0.381 e. The molecule has 0 aliphatic rings. The van der Waals surface area contributed by atoms with Gasteiger partial charge in [-0.05, 0) is 30.9 Å². The Labute approximate surface area is 73.9 Å². The van der Waals surface area contributed by atoms with Gasteiger partial charge in [-0.2, -0.15) is 11.8 Å². The maximum atomic E-state index is 5.33. The Kier molecular flexibility index (Phi) is 10.5. The van der Waals surface area contributed by atoms with Gasteiger partial charge in [-0.15, -0.1) is 0 Å². The molecule has 0 fully saturated rings. The second-order valence-corrected chi connectivity index (χ2v) is 3.70. The molecule has 68 valence electrons. The summed E-state index contributed by atoms with van der Waals surface area (Å²) in [7, 11) is 0. The molecule has 0 rings (SSSR count). The van der Waals surface area contributed by atoms with E-state index in [1.165, 1.54) is 17.9 Å². The van der Waals surface area contributed by atoms with E-state index in [0.717, 1.165) is 26.2 Å². The van der Waals surface area contributed by atoms with Gasteiger partial charge in [0.2, 0.25) is 0 Å². The second-order valence-electron chi connectivity index (χ2n) is 2.31. The molecule has 0 amide bonds. The summed E-state index contributed by atoms with van der Waals surface area (Å²) in [6, 6.07) is 0. The molecule has 0 spiro atoms. The normalized spacial score (nSPS) is 10.4. The van der Waals surface area contributed by atoms with Crippen molar-refractivity contribution in [2.45, 2.75) is 19.8 Å². The number of nitrogens with two attached hydrogens (primary N) is 1. The van der Waals surface area contributed by atoms with Gasteiger partial charge >= 0.3 is 0 Å². The smallest absolute Gasteiger partial charge is 0.0478 e. The zero-order valence-electron chi connectivity index (χ0n) is 7.34. The minimum Gasteiger partial charge on any atom is -0.381 e. The third-order valence-electron chi connectivity index (χ3n) is 1.27. The number of hydrogen-bond donors (Lipinski definition) is 1. The molecule has 0 heterocycles. The number of ether oxygens (including phenoxy) is 1. The Balaban J connectivity index is 2.69. The van der Waals surface area contributed by atoms with Crippen molar-refractivity contribution in [2.75, 3.05) is 31.3 Å². The molecule has 3 heteroatoms. The van der Waals surface area contributed by atoms with E-state index < -0.39 is 0 Å². The van der Waals surface area contributed by atoms with E-state index >= 15 is 0 Å². The Morgan fingerprint density at radius 1 is 1.27 bits per heavy atom. The zero-order chi connectivity index (χ0) is 8.36. The van der Waals surface area contributed by atoms with Crippen LogP contribution in [0.5, 0.6) is 0 Å². The van der Waals surface area contributed by atoms with Crippen LogP contribution in [-0.4, -0.2) is 31.3 Å². The summed E-state index contributed by atoms with van der Waals surface area (Å²) < 4.78 is 5.33. The molecule has 0 saturated heterocycles. The summed E-state index contributed by atoms with van der Waals surface area (Å²) in [5.41, 5.74) is 5.31. The average molecular weight is 177 g/mol. The molecule has 0 aromatic carbocycles.